The first-order valence-corrected chi connectivity index (χ1v) is 9.24. The van der Waals surface area contributed by atoms with E-state index in [0.717, 1.165) is 0 Å². The van der Waals surface area contributed by atoms with E-state index in [4.69, 9.17) is 4.74 Å². The Morgan fingerprint density at radius 1 is 1.08 bits per heavy atom. The van der Waals surface area contributed by atoms with Gasteiger partial charge in [-0.15, -0.1) is 0 Å². The van der Waals surface area contributed by atoms with Crippen molar-refractivity contribution in [2.75, 3.05) is 0 Å². The van der Waals surface area contributed by atoms with Crippen LogP contribution in [0.2, 0.25) is 19.6 Å². The summed E-state index contributed by atoms with van der Waals surface area (Å²) >= 11 is 0. The Kier molecular flexibility index (Phi) is 2.31. The maximum Gasteiger partial charge on any atom is 0.0858 e. The zero-order valence-corrected chi connectivity index (χ0v) is 10.2. The lowest BCUT2D eigenvalue weighted by molar-refractivity contribution is 0.329. The summed E-state index contributed by atoms with van der Waals surface area (Å²) in [4.78, 5) is 0. The second-order valence-electron chi connectivity index (χ2n) is 5.70. The SMILES string of the molecule is C[Si](C)(C)C12CCCCCCC1O2. The van der Waals surface area contributed by atoms with Crippen LogP contribution in [0.3, 0.4) is 0 Å². The van der Waals surface area contributed by atoms with Crippen LogP contribution in [0.25, 0.3) is 0 Å². The van der Waals surface area contributed by atoms with Crippen LogP contribution in [-0.4, -0.2) is 19.4 Å². The Hall–Kier alpha value is 0.177. The molecule has 0 spiro atoms. The standard InChI is InChI=1S/C11H22OSi/c1-13(2,3)11-9-7-5-4-6-8-10(11)12-11/h10H,4-9H2,1-3H3. The third-order valence-corrected chi connectivity index (χ3v) is 7.08. The number of rotatable bonds is 1. The lowest BCUT2D eigenvalue weighted by Gasteiger charge is -2.27. The molecule has 0 radical (unpaired) electrons. The van der Waals surface area contributed by atoms with Gasteiger partial charge in [0.2, 0.25) is 0 Å². The van der Waals surface area contributed by atoms with Crippen molar-refractivity contribution >= 4 is 8.07 Å². The summed E-state index contributed by atoms with van der Waals surface area (Å²) in [5, 5.41) is 0.396. The van der Waals surface area contributed by atoms with E-state index in [0.29, 0.717) is 11.3 Å². The Labute approximate surface area is 82.9 Å². The summed E-state index contributed by atoms with van der Waals surface area (Å²) in [6.45, 7) is 7.40. The van der Waals surface area contributed by atoms with Gasteiger partial charge in [0.05, 0.1) is 19.4 Å². The second kappa shape index (κ2) is 3.09. The van der Waals surface area contributed by atoms with Crippen LogP contribution in [0.5, 0.6) is 0 Å². The van der Waals surface area contributed by atoms with E-state index >= 15 is 0 Å². The number of fused-ring (bicyclic) bond motifs is 1. The molecule has 2 aliphatic rings. The Bertz CT molecular complexity index is 197. The quantitative estimate of drug-likeness (QED) is 0.465. The molecule has 13 heavy (non-hydrogen) atoms. The van der Waals surface area contributed by atoms with Gasteiger partial charge in [-0.2, -0.15) is 0 Å². The molecule has 0 amide bonds. The van der Waals surface area contributed by atoms with Gasteiger partial charge in [-0.3, -0.25) is 0 Å². The highest BCUT2D eigenvalue weighted by molar-refractivity contribution is 6.79. The summed E-state index contributed by atoms with van der Waals surface area (Å²) in [7, 11) is -1.08. The minimum absolute atomic E-state index is 0.396. The first kappa shape index (κ1) is 9.72. The molecule has 0 aromatic carbocycles. The van der Waals surface area contributed by atoms with Crippen molar-refractivity contribution in [3.8, 4) is 0 Å². The van der Waals surface area contributed by atoms with E-state index in [-0.39, 0.29) is 0 Å². The highest BCUT2D eigenvalue weighted by atomic mass is 28.3. The second-order valence-corrected chi connectivity index (χ2v) is 11.0. The molecule has 2 rings (SSSR count). The van der Waals surface area contributed by atoms with E-state index in [2.05, 4.69) is 19.6 Å². The molecule has 2 atom stereocenters. The first-order valence-electron chi connectivity index (χ1n) is 5.74. The normalized spacial score (nSPS) is 40.4. The average molecular weight is 198 g/mol. The van der Waals surface area contributed by atoms with Crippen LogP contribution in [0.1, 0.15) is 38.5 Å². The van der Waals surface area contributed by atoms with E-state index in [1.54, 1.807) is 0 Å². The summed E-state index contributed by atoms with van der Waals surface area (Å²) in [6.07, 6.45) is 9.01. The van der Waals surface area contributed by atoms with E-state index in [9.17, 15) is 0 Å². The number of ether oxygens (including phenoxy) is 1. The van der Waals surface area contributed by atoms with Crippen molar-refractivity contribution in [2.45, 2.75) is 69.5 Å². The molecule has 2 heteroatoms. The lowest BCUT2D eigenvalue weighted by atomic mass is 10.0. The monoisotopic (exact) mass is 198 g/mol. The summed E-state index contributed by atoms with van der Waals surface area (Å²) in [5.74, 6) is 0. The molecular weight excluding hydrogens is 176 g/mol. The van der Waals surface area contributed by atoms with Gasteiger partial charge < -0.3 is 4.74 Å². The van der Waals surface area contributed by atoms with Crippen molar-refractivity contribution in [3.63, 3.8) is 0 Å². The van der Waals surface area contributed by atoms with Gasteiger partial charge in [-0.1, -0.05) is 45.3 Å². The van der Waals surface area contributed by atoms with Gasteiger partial charge in [0.1, 0.15) is 0 Å². The van der Waals surface area contributed by atoms with Gasteiger partial charge >= 0.3 is 0 Å². The highest BCUT2D eigenvalue weighted by Crippen LogP contribution is 2.51. The number of epoxide rings is 1. The zero-order valence-electron chi connectivity index (χ0n) is 9.23. The molecule has 1 heterocycles. The molecule has 0 N–H and O–H groups in total. The third kappa shape index (κ3) is 1.59. The summed E-state index contributed by atoms with van der Waals surface area (Å²) in [6, 6.07) is 0. The van der Waals surface area contributed by atoms with E-state index in [1.807, 2.05) is 0 Å². The maximum absolute atomic E-state index is 6.05. The van der Waals surface area contributed by atoms with Gasteiger partial charge in [0, 0.05) is 0 Å². The molecule has 0 aromatic heterocycles. The number of hydrogen-bond donors (Lipinski definition) is 0. The van der Waals surface area contributed by atoms with Gasteiger partial charge in [-0.05, 0) is 12.8 Å². The van der Waals surface area contributed by atoms with Gasteiger partial charge in [-0.25, -0.2) is 0 Å². The van der Waals surface area contributed by atoms with Crippen molar-refractivity contribution in [2.24, 2.45) is 0 Å². The fourth-order valence-electron chi connectivity index (χ4n) is 2.84. The maximum atomic E-state index is 6.05. The van der Waals surface area contributed by atoms with Crippen molar-refractivity contribution in [1.82, 2.24) is 0 Å². The minimum atomic E-state index is -1.08. The van der Waals surface area contributed by atoms with Crippen LogP contribution in [0.15, 0.2) is 0 Å². The minimum Gasteiger partial charge on any atom is -0.370 e. The molecule has 2 unspecified atom stereocenters. The smallest absolute Gasteiger partial charge is 0.0858 e. The van der Waals surface area contributed by atoms with Crippen molar-refractivity contribution in [3.05, 3.63) is 0 Å². The molecule has 2 fully saturated rings. The Morgan fingerprint density at radius 3 is 2.46 bits per heavy atom. The lowest BCUT2D eigenvalue weighted by Crippen LogP contribution is -2.44. The van der Waals surface area contributed by atoms with Crippen LogP contribution in [0.4, 0.5) is 0 Å². The fraction of sp³-hybridized carbons (Fsp3) is 1.00. The van der Waals surface area contributed by atoms with Crippen LogP contribution in [0, 0.1) is 0 Å². The molecule has 0 bridgehead atoms. The molecular formula is C11H22OSi. The third-order valence-electron chi connectivity index (χ3n) is 3.85. The van der Waals surface area contributed by atoms with Gasteiger partial charge in [0.25, 0.3) is 0 Å². The van der Waals surface area contributed by atoms with E-state index < -0.39 is 8.07 Å². The summed E-state index contributed by atoms with van der Waals surface area (Å²) < 4.78 is 6.05. The first-order chi connectivity index (χ1) is 6.06. The largest absolute Gasteiger partial charge is 0.370 e. The number of hydrogen-bond acceptors (Lipinski definition) is 1. The van der Waals surface area contributed by atoms with Crippen LogP contribution in [-0.2, 0) is 4.74 Å². The topological polar surface area (TPSA) is 12.5 Å². The predicted molar refractivity (Wildman–Crippen MR) is 58.7 cm³/mol. The Morgan fingerprint density at radius 2 is 1.77 bits per heavy atom. The Balaban J connectivity index is 2.07. The molecule has 0 aromatic rings. The van der Waals surface area contributed by atoms with Crippen LogP contribution >= 0.6 is 0 Å². The molecule has 1 aliphatic heterocycles. The highest BCUT2D eigenvalue weighted by Gasteiger charge is 2.62. The van der Waals surface area contributed by atoms with Crippen molar-refractivity contribution in [1.29, 1.82) is 0 Å². The predicted octanol–water partition coefficient (Wildman–Crippen LogP) is 3.36. The molecule has 1 saturated heterocycles. The van der Waals surface area contributed by atoms with E-state index in [1.165, 1.54) is 38.5 Å². The molecule has 1 nitrogen and oxygen atoms in total. The molecule has 76 valence electrons. The van der Waals surface area contributed by atoms with Gasteiger partial charge in [0.15, 0.2) is 0 Å². The van der Waals surface area contributed by atoms with Crippen LogP contribution < -0.4 is 0 Å². The average Bonchev–Trinajstić information content (AvgIpc) is 2.61. The molecule has 1 saturated carbocycles. The summed E-state index contributed by atoms with van der Waals surface area (Å²) in [5.41, 5.74) is 0. The molecule has 1 aliphatic carbocycles. The fourth-order valence-corrected chi connectivity index (χ4v) is 5.37. The zero-order chi connectivity index (χ0) is 9.53. The van der Waals surface area contributed by atoms with Crippen molar-refractivity contribution < 1.29 is 4.74 Å².